The van der Waals surface area contributed by atoms with E-state index in [1.807, 2.05) is 60.7 Å². The zero-order chi connectivity index (χ0) is 45.6. The SMILES string of the molecule is Cc1ccc(C)c2nc(-c3ccc(N(c4ccccc4)c4ccc(-c5nc6ccccc6o5)cc4)cc3)c(-c3ccc(N(c4ccccc4)c4ccc(-c5nc6ccccc6o5)cc4)cc3)nc12. The van der Waals surface area contributed by atoms with Gasteiger partial charge in [-0.15, -0.1) is 0 Å². The summed E-state index contributed by atoms with van der Waals surface area (Å²) in [5, 5.41) is 0. The molecule has 0 aliphatic heterocycles. The van der Waals surface area contributed by atoms with Crippen molar-refractivity contribution in [2.75, 3.05) is 9.80 Å². The Morgan fingerprint density at radius 3 is 0.956 bits per heavy atom. The lowest BCUT2D eigenvalue weighted by Crippen LogP contribution is -2.10. The van der Waals surface area contributed by atoms with Crippen LogP contribution in [0.25, 0.3) is 78.7 Å². The fraction of sp³-hybridized carbons (Fsp3) is 0.0333. The monoisotopic (exact) mass is 878 g/mol. The molecule has 0 amide bonds. The van der Waals surface area contributed by atoms with E-state index in [0.29, 0.717) is 11.8 Å². The third-order valence-electron chi connectivity index (χ3n) is 12.4. The first-order valence-electron chi connectivity index (χ1n) is 22.6. The highest BCUT2D eigenvalue weighted by Gasteiger charge is 2.20. The van der Waals surface area contributed by atoms with Gasteiger partial charge in [0, 0.05) is 56.4 Å². The van der Waals surface area contributed by atoms with Gasteiger partial charge >= 0.3 is 0 Å². The molecule has 0 unspecified atom stereocenters. The lowest BCUT2D eigenvalue weighted by atomic mass is 10.0. The quantitative estimate of drug-likeness (QED) is 0.134. The number of aryl methyl sites for hydroxylation is 2. The minimum absolute atomic E-state index is 0.595. The molecule has 68 heavy (non-hydrogen) atoms. The second kappa shape index (κ2) is 17.0. The number of rotatable bonds is 10. The zero-order valence-electron chi connectivity index (χ0n) is 37.3. The summed E-state index contributed by atoms with van der Waals surface area (Å²) < 4.78 is 12.2. The number of anilines is 6. The maximum absolute atomic E-state index is 6.10. The molecule has 0 N–H and O–H groups in total. The number of aromatic nitrogens is 4. The molecule has 3 aromatic heterocycles. The molecule has 12 rings (SSSR count). The summed E-state index contributed by atoms with van der Waals surface area (Å²) in [5.74, 6) is 1.19. The van der Waals surface area contributed by atoms with Crippen LogP contribution in [0, 0.1) is 13.8 Å². The average Bonchev–Trinajstić information content (AvgIpc) is 4.05. The van der Waals surface area contributed by atoms with Crippen LogP contribution in [0.3, 0.4) is 0 Å². The number of fused-ring (bicyclic) bond motifs is 3. The lowest BCUT2D eigenvalue weighted by Gasteiger charge is -2.26. The van der Waals surface area contributed by atoms with Crippen LogP contribution >= 0.6 is 0 Å². The van der Waals surface area contributed by atoms with E-state index in [1.54, 1.807) is 0 Å². The fourth-order valence-corrected chi connectivity index (χ4v) is 8.88. The van der Waals surface area contributed by atoms with Crippen molar-refractivity contribution in [2.45, 2.75) is 13.8 Å². The molecule has 3 heterocycles. The lowest BCUT2D eigenvalue weighted by molar-refractivity contribution is 0.619. The molecule has 324 valence electrons. The minimum Gasteiger partial charge on any atom is -0.436 e. The van der Waals surface area contributed by atoms with Crippen molar-refractivity contribution < 1.29 is 8.83 Å². The number of hydrogen-bond donors (Lipinski definition) is 0. The molecule has 0 aliphatic carbocycles. The number of oxazole rings is 2. The molecule has 0 saturated carbocycles. The van der Waals surface area contributed by atoms with Crippen molar-refractivity contribution in [1.82, 2.24) is 19.9 Å². The first-order valence-corrected chi connectivity index (χ1v) is 22.6. The molecule has 0 aliphatic rings. The van der Waals surface area contributed by atoms with Crippen molar-refractivity contribution >= 4 is 67.4 Å². The van der Waals surface area contributed by atoms with Crippen LogP contribution in [0.2, 0.25) is 0 Å². The van der Waals surface area contributed by atoms with E-state index in [0.717, 1.165) is 112 Å². The molecule has 8 heteroatoms. The summed E-state index contributed by atoms with van der Waals surface area (Å²) in [6.07, 6.45) is 0. The largest absolute Gasteiger partial charge is 0.436 e. The van der Waals surface area contributed by atoms with Crippen molar-refractivity contribution in [3.8, 4) is 45.4 Å². The molecule has 0 atom stereocenters. The van der Waals surface area contributed by atoms with Crippen molar-refractivity contribution in [1.29, 1.82) is 0 Å². The molecule has 0 radical (unpaired) electrons. The number of nitrogens with zero attached hydrogens (tertiary/aromatic N) is 6. The Balaban J connectivity index is 0.903. The number of para-hydroxylation sites is 6. The molecule has 0 bridgehead atoms. The maximum atomic E-state index is 6.10. The van der Waals surface area contributed by atoms with Gasteiger partial charge in [0.1, 0.15) is 11.0 Å². The van der Waals surface area contributed by atoms with Gasteiger partial charge in [0.15, 0.2) is 11.2 Å². The molecule has 12 aromatic rings. The first-order chi connectivity index (χ1) is 33.5. The normalized spacial score (nSPS) is 11.4. The second-order valence-electron chi connectivity index (χ2n) is 16.8. The van der Waals surface area contributed by atoms with Gasteiger partial charge in [-0.25, -0.2) is 19.9 Å². The smallest absolute Gasteiger partial charge is 0.227 e. The van der Waals surface area contributed by atoms with Crippen LogP contribution in [-0.4, -0.2) is 19.9 Å². The maximum Gasteiger partial charge on any atom is 0.227 e. The fourth-order valence-electron chi connectivity index (χ4n) is 8.88. The summed E-state index contributed by atoms with van der Waals surface area (Å²) >= 11 is 0. The Labute approximate surface area is 393 Å². The summed E-state index contributed by atoms with van der Waals surface area (Å²) in [5.41, 5.74) is 18.6. The van der Waals surface area contributed by atoms with Crippen molar-refractivity contribution in [2.24, 2.45) is 0 Å². The van der Waals surface area contributed by atoms with E-state index in [1.165, 1.54) is 0 Å². The topological polar surface area (TPSA) is 84.3 Å². The van der Waals surface area contributed by atoms with Crippen LogP contribution in [0.5, 0.6) is 0 Å². The predicted molar refractivity (Wildman–Crippen MR) is 275 cm³/mol. The molecular formula is C60H42N6O2. The van der Waals surface area contributed by atoms with Gasteiger partial charge in [0.05, 0.1) is 22.4 Å². The highest BCUT2D eigenvalue weighted by molar-refractivity contribution is 5.91. The van der Waals surface area contributed by atoms with E-state index in [4.69, 9.17) is 28.8 Å². The Morgan fingerprint density at radius 1 is 0.294 bits per heavy atom. The Kier molecular flexibility index (Phi) is 10.1. The van der Waals surface area contributed by atoms with E-state index in [2.05, 4.69) is 181 Å². The number of benzene rings is 9. The van der Waals surface area contributed by atoms with Crippen molar-refractivity contribution in [3.05, 3.63) is 230 Å². The molecule has 0 saturated heterocycles. The Bertz CT molecular complexity index is 3420. The third-order valence-corrected chi connectivity index (χ3v) is 12.4. The van der Waals surface area contributed by atoms with E-state index >= 15 is 0 Å². The van der Waals surface area contributed by atoms with Gasteiger partial charge < -0.3 is 18.6 Å². The zero-order valence-corrected chi connectivity index (χ0v) is 37.3. The van der Waals surface area contributed by atoms with Crippen LogP contribution in [0.4, 0.5) is 34.1 Å². The van der Waals surface area contributed by atoms with Crippen LogP contribution < -0.4 is 9.80 Å². The average molecular weight is 879 g/mol. The Hall–Kier alpha value is -9.14. The van der Waals surface area contributed by atoms with Gasteiger partial charge in [0.25, 0.3) is 0 Å². The van der Waals surface area contributed by atoms with Gasteiger partial charge in [-0.3, -0.25) is 0 Å². The Morgan fingerprint density at radius 2 is 0.603 bits per heavy atom. The summed E-state index contributed by atoms with van der Waals surface area (Å²) in [6.45, 7) is 4.20. The van der Waals surface area contributed by atoms with E-state index < -0.39 is 0 Å². The van der Waals surface area contributed by atoms with Gasteiger partial charge in [0.2, 0.25) is 11.8 Å². The molecule has 8 nitrogen and oxygen atoms in total. The van der Waals surface area contributed by atoms with E-state index in [-0.39, 0.29) is 0 Å². The van der Waals surface area contributed by atoms with Crippen molar-refractivity contribution in [3.63, 3.8) is 0 Å². The highest BCUT2D eigenvalue weighted by Crippen LogP contribution is 2.41. The molecule has 0 fully saturated rings. The summed E-state index contributed by atoms with van der Waals surface area (Å²) in [6, 6.07) is 74.7. The minimum atomic E-state index is 0.595. The van der Waals surface area contributed by atoms with Gasteiger partial charge in [-0.1, -0.05) is 97.1 Å². The van der Waals surface area contributed by atoms with Gasteiger partial charge in [-0.05, 0) is 146 Å². The summed E-state index contributed by atoms with van der Waals surface area (Å²) in [7, 11) is 0. The number of hydrogen-bond acceptors (Lipinski definition) is 8. The van der Waals surface area contributed by atoms with Gasteiger partial charge in [-0.2, -0.15) is 0 Å². The van der Waals surface area contributed by atoms with Crippen LogP contribution in [-0.2, 0) is 0 Å². The predicted octanol–water partition coefficient (Wildman–Crippen LogP) is 16.1. The highest BCUT2D eigenvalue weighted by atomic mass is 16.4. The third kappa shape index (κ3) is 7.49. The van der Waals surface area contributed by atoms with E-state index in [9.17, 15) is 0 Å². The van der Waals surface area contributed by atoms with Crippen LogP contribution in [0.1, 0.15) is 11.1 Å². The summed E-state index contributed by atoms with van der Waals surface area (Å²) in [4.78, 5) is 24.8. The second-order valence-corrected chi connectivity index (χ2v) is 16.8. The molecule has 9 aromatic carbocycles. The molecule has 0 spiro atoms. The molecular weight excluding hydrogens is 837 g/mol. The van der Waals surface area contributed by atoms with Crippen LogP contribution in [0.15, 0.2) is 227 Å². The first kappa shape index (κ1) is 40.4. The standard InChI is InChI=1S/C60H42N6O2/c1-39-21-22-40(2)56-55(39)63-57(41-23-31-47(32-24-41)65(45-13-5-3-6-14-45)49-35-27-43(28-36-49)59-61-51-17-9-11-19-53(51)67-59)58(64-56)42-25-33-48(34-26-42)66(46-15-7-4-8-16-46)50-37-29-44(30-38-50)60-62-52-18-10-12-20-54(52)68-60/h3-38H,1-2H3.